The van der Waals surface area contributed by atoms with Crippen LogP contribution in [0, 0.1) is 0 Å². The summed E-state index contributed by atoms with van der Waals surface area (Å²) in [5.74, 6) is 0. The third kappa shape index (κ3) is 2.70. The van der Waals surface area contributed by atoms with Crippen molar-refractivity contribution >= 4 is 17.1 Å². The van der Waals surface area contributed by atoms with Gasteiger partial charge in [-0.3, -0.25) is 9.88 Å². The summed E-state index contributed by atoms with van der Waals surface area (Å²) < 4.78 is 0. The van der Waals surface area contributed by atoms with Gasteiger partial charge in [-0.25, -0.2) is 9.78 Å². The highest BCUT2D eigenvalue weighted by molar-refractivity contribution is 5.73. The lowest BCUT2D eigenvalue weighted by molar-refractivity contribution is 0.102. The molecule has 2 heterocycles. The fourth-order valence-corrected chi connectivity index (χ4v) is 2.40. The molecule has 0 bridgehead atoms. The quantitative estimate of drug-likeness (QED) is 0.895. The molecule has 0 atom stereocenters. The summed E-state index contributed by atoms with van der Waals surface area (Å²) in [6.45, 7) is 3.29. The van der Waals surface area contributed by atoms with Gasteiger partial charge in [-0.1, -0.05) is 12.1 Å². The molecule has 1 aromatic heterocycles. The summed E-state index contributed by atoms with van der Waals surface area (Å²) in [7, 11) is 0. The molecule has 104 valence electrons. The van der Waals surface area contributed by atoms with Gasteiger partial charge in [-0.15, -0.1) is 0 Å². The molecule has 1 fully saturated rings. The van der Waals surface area contributed by atoms with Crippen LogP contribution in [0.1, 0.15) is 5.69 Å². The van der Waals surface area contributed by atoms with E-state index < -0.39 is 6.09 Å². The van der Waals surface area contributed by atoms with Crippen molar-refractivity contribution in [2.45, 2.75) is 6.54 Å². The lowest BCUT2D eigenvalue weighted by Crippen LogP contribution is -2.47. The Hall–Kier alpha value is -2.21. The van der Waals surface area contributed by atoms with Crippen molar-refractivity contribution in [1.29, 1.82) is 0 Å². The van der Waals surface area contributed by atoms with E-state index in [1.807, 2.05) is 24.3 Å². The number of hydrogen-bond acceptors (Lipinski definition) is 4. The fraction of sp³-hybridized carbons (Fsp3) is 0.357. The van der Waals surface area contributed by atoms with Crippen LogP contribution in [0.2, 0.25) is 0 Å². The van der Waals surface area contributed by atoms with Crippen molar-refractivity contribution in [3.05, 3.63) is 36.2 Å². The molecule has 1 saturated heterocycles. The Balaban J connectivity index is 1.66. The van der Waals surface area contributed by atoms with Crippen molar-refractivity contribution in [2.24, 2.45) is 0 Å². The van der Waals surface area contributed by atoms with Crippen LogP contribution in [0.25, 0.3) is 11.0 Å². The Morgan fingerprint density at radius 2 is 1.85 bits per heavy atom. The van der Waals surface area contributed by atoms with Gasteiger partial charge in [0, 0.05) is 32.7 Å². The highest BCUT2D eigenvalue weighted by Crippen LogP contribution is 2.11. The molecule has 1 aliphatic heterocycles. The molecule has 0 unspecified atom stereocenters. The van der Waals surface area contributed by atoms with E-state index in [0.717, 1.165) is 29.8 Å². The Morgan fingerprint density at radius 3 is 2.55 bits per heavy atom. The number of rotatable bonds is 2. The molecule has 1 aromatic carbocycles. The number of benzene rings is 1. The average molecular weight is 272 g/mol. The molecule has 0 radical (unpaired) electrons. The minimum absolute atomic E-state index is 0.552. The van der Waals surface area contributed by atoms with Crippen LogP contribution in [-0.2, 0) is 6.54 Å². The molecule has 20 heavy (non-hydrogen) atoms. The van der Waals surface area contributed by atoms with E-state index in [9.17, 15) is 4.79 Å². The zero-order valence-corrected chi connectivity index (χ0v) is 11.1. The van der Waals surface area contributed by atoms with Crippen molar-refractivity contribution in [3.63, 3.8) is 0 Å². The summed E-state index contributed by atoms with van der Waals surface area (Å²) in [4.78, 5) is 23.5. The van der Waals surface area contributed by atoms with Gasteiger partial charge in [0.2, 0.25) is 0 Å². The van der Waals surface area contributed by atoms with E-state index in [1.165, 1.54) is 4.90 Å². The monoisotopic (exact) mass is 272 g/mol. The molecule has 1 aliphatic rings. The van der Waals surface area contributed by atoms with E-state index in [4.69, 9.17) is 5.11 Å². The maximum Gasteiger partial charge on any atom is 0.407 e. The summed E-state index contributed by atoms with van der Waals surface area (Å²) in [5, 5.41) is 8.92. The van der Waals surface area contributed by atoms with Crippen LogP contribution in [0.4, 0.5) is 4.79 Å². The number of amides is 1. The Labute approximate surface area is 116 Å². The first-order valence-corrected chi connectivity index (χ1v) is 6.63. The maximum atomic E-state index is 10.9. The van der Waals surface area contributed by atoms with Crippen LogP contribution in [0.3, 0.4) is 0 Å². The lowest BCUT2D eigenvalue weighted by Gasteiger charge is -2.32. The first kappa shape index (κ1) is 12.8. The van der Waals surface area contributed by atoms with Crippen LogP contribution < -0.4 is 0 Å². The number of piperazine rings is 1. The Bertz CT molecular complexity index is 623. The standard InChI is InChI=1S/C14H16N4O2/c19-14(20)18-7-5-17(6-8-18)10-11-9-15-12-3-1-2-4-13(12)16-11/h1-4,9H,5-8,10H2,(H,19,20). The van der Waals surface area contributed by atoms with Gasteiger partial charge in [-0.05, 0) is 12.1 Å². The average Bonchev–Trinajstić information content (AvgIpc) is 2.48. The zero-order chi connectivity index (χ0) is 13.9. The number of carboxylic acid groups (broad SMARTS) is 1. The molecule has 3 rings (SSSR count). The van der Waals surface area contributed by atoms with Gasteiger partial charge in [0.15, 0.2) is 0 Å². The highest BCUT2D eigenvalue weighted by Gasteiger charge is 2.20. The van der Waals surface area contributed by atoms with E-state index in [2.05, 4.69) is 14.9 Å². The van der Waals surface area contributed by atoms with Crippen molar-refractivity contribution < 1.29 is 9.90 Å². The predicted octanol–water partition coefficient (Wildman–Crippen LogP) is 1.43. The SMILES string of the molecule is O=C(O)N1CCN(Cc2cnc3ccccc3n2)CC1. The van der Waals surface area contributed by atoms with E-state index >= 15 is 0 Å². The van der Waals surface area contributed by atoms with Crippen molar-refractivity contribution in [1.82, 2.24) is 19.8 Å². The van der Waals surface area contributed by atoms with Crippen LogP contribution in [0.5, 0.6) is 0 Å². The number of para-hydroxylation sites is 2. The van der Waals surface area contributed by atoms with Gasteiger partial charge in [0.05, 0.1) is 22.9 Å². The molecule has 1 N–H and O–H groups in total. The number of hydrogen-bond donors (Lipinski definition) is 1. The topological polar surface area (TPSA) is 69.6 Å². The summed E-state index contributed by atoms with van der Waals surface area (Å²) in [5.41, 5.74) is 2.72. The summed E-state index contributed by atoms with van der Waals surface area (Å²) in [6, 6.07) is 7.79. The number of fused-ring (bicyclic) bond motifs is 1. The number of nitrogens with zero attached hydrogens (tertiary/aromatic N) is 4. The van der Waals surface area contributed by atoms with Crippen molar-refractivity contribution in [2.75, 3.05) is 26.2 Å². The minimum atomic E-state index is -0.838. The second kappa shape index (κ2) is 5.42. The zero-order valence-electron chi connectivity index (χ0n) is 11.1. The van der Waals surface area contributed by atoms with Gasteiger partial charge < -0.3 is 10.0 Å². The second-order valence-corrected chi connectivity index (χ2v) is 4.90. The van der Waals surface area contributed by atoms with E-state index in [-0.39, 0.29) is 0 Å². The largest absolute Gasteiger partial charge is 0.465 e. The first-order chi connectivity index (χ1) is 9.72. The van der Waals surface area contributed by atoms with Crippen LogP contribution in [-0.4, -0.2) is 57.1 Å². The molecular formula is C14H16N4O2. The molecule has 6 heteroatoms. The Morgan fingerprint density at radius 1 is 1.15 bits per heavy atom. The predicted molar refractivity (Wildman–Crippen MR) is 74.4 cm³/mol. The molecule has 0 aliphatic carbocycles. The van der Waals surface area contributed by atoms with Gasteiger partial charge >= 0.3 is 6.09 Å². The maximum absolute atomic E-state index is 10.9. The van der Waals surface area contributed by atoms with Gasteiger partial charge in [0.25, 0.3) is 0 Å². The second-order valence-electron chi connectivity index (χ2n) is 4.90. The third-order valence-corrected chi connectivity index (χ3v) is 3.53. The lowest BCUT2D eigenvalue weighted by atomic mass is 10.2. The van der Waals surface area contributed by atoms with Gasteiger partial charge in [0.1, 0.15) is 0 Å². The highest BCUT2D eigenvalue weighted by atomic mass is 16.4. The first-order valence-electron chi connectivity index (χ1n) is 6.63. The molecule has 1 amide bonds. The molecule has 0 spiro atoms. The van der Waals surface area contributed by atoms with Crippen LogP contribution in [0.15, 0.2) is 30.5 Å². The van der Waals surface area contributed by atoms with Gasteiger partial charge in [-0.2, -0.15) is 0 Å². The number of aromatic nitrogens is 2. The molecular weight excluding hydrogens is 256 g/mol. The smallest absolute Gasteiger partial charge is 0.407 e. The fourth-order valence-electron chi connectivity index (χ4n) is 2.40. The van der Waals surface area contributed by atoms with E-state index in [0.29, 0.717) is 19.6 Å². The summed E-state index contributed by atoms with van der Waals surface area (Å²) in [6.07, 6.45) is 0.960. The third-order valence-electron chi connectivity index (χ3n) is 3.53. The Kier molecular flexibility index (Phi) is 3.47. The van der Waals surface area contributed by atoms with Crippen LogP contribution >= 0.6 is 0 Å². The minimum Gasteiger partial charge on any atom is -0.465 e. The summed E-state index contributed by atoms with van der Waals surface area (Å²) >= 11 is 0. The molecule has 2 aromatic rings. The van der Waals surface area contributed by atoms with Crippen molar-refractivity contribution in [3.8, 4) is 0 Å². The van der Waals surface area contributed by atoms with E-state index in [1.54, 1.807) is 6.20 Å². The molecule has 0 saturated carbocycles. The number of carbonyl (C=O) groups is 1. The normalized spacial score (nSPS) is 16.5. The molecule has 6 nitrogen and oxygen atoms in total.